The first kappa shape index (κ1) is 15.9. The third kappa shape index (κ3) is 7.77. The van der Waals surface area contributed by atoms with Crippen molar-refractivity contribution in [3.05, 3.63) is 0 Å². The summed E-state index contributed by atoms with van der Waals surface area (Å²) in [5.41, 5.74) is 0. The lowest BCUT2D eigenvalue weighted by Crippen LogP contribution is -2.19. The van der Waals surface area contributed by atoms with E-state index in [1.165, 1.54) is 6.92 Å². The molecule has 0 amide bonds. The van der Waals surface area contributed by atoms with Crippen LogP contribution < -0.4 is 0 Å². The van der Waals surface area contributed by atoms with Gasteiger partial charge in [0, 0.05) is 0 Å². The number of hydrogen-bond acceptors (Lipinski definition) is 3. The topological polar surface area (TPSA) is 63.6 Å². The second-order valence-corrected chi connectivity index (χ2v) is 4.54. The van der Waals surface area contributed by atoms with Crippen LogP contribution in [0.25, 0.3) is 0 Å². The molecule has 4 nitrogen and oxygen atoms in total. The molecule has 0 aromatic carbocycles. The Bertz CT molecular complexity index is 238. The van der Waals surface area contributed by atoms with E-state index < -0.39 is 17.9 Å². The molecule has 0 rings (SSSR count). The van der Waals surface area contributed by atoms with E-state index in [0.717, 1.165) is 25.7 Å². The number of aliphatic carboxylic acids is 1. The summed E-state index contributed by atoms with van der Waals surface area (Å²) in [5.74, 6) is -1.63. The third-order valence-corrected chi connectivity index (χ3v) is 2.92. The zero-order valence-electron chi connectivity index (χ0n) is 11.1. The summed E-state index contributed by atoms with van der Waals surface area (Å²) in [7, 11) is 0. The van der Waals surface area contributed by atoms with Gasteiger partial charge in [0.05, 0.1) is 18.9 Å². The number of unbranched alkanes of at least 4 members (excludes halogenated alkanes) is 1. The van der Waals surface area contributed by atoms with Gasteiger partial charge < -0.3 is 9.84 Å². The molecule has 0 saturated heterocycles. The summed E-state index contributed by atoms with van der Waals surface area (Å²) in [6.07, 6.45) is 4.29. The minimum absolute atomic E-state index is 0.0421. The monoisotopic (exact) mass is 244 g/mol. The summed E-state index contributed by atoms with van der Waals surface area (Å²) in [5, 5.41) is 8.66. The third-order valence-electron chi connectivity index (χ3n) is 2.92. The van der Waals surface area contributed by atoms with Crippen molar-refractivity contribution < 1.29 is 19.4 Å². The van der Waals surface area contributed by atoms with Crippen LogP contribution in [0.3, 0.4) is 0 Å². The Labute approximate surface area is 103 Å². The van der Waals surface area contributed by atoms with Crippen molar-refractivity contribution in [3.63, 3.8) is 0 Å². The van der Waals surface area contributed by atoms with Crippen LogP contribution in [-0.2, 0) is 14.3 Å². The Morgan fingerprint density at radius 3 is 2.41 bits per heavy atom. The van der Waals surface area contributed by atoms with Gasteiger partial charge in [0.2, 0.25) is 0 Å². The zero-order valence-corrected chi connectivity index (χ0v) is 11.1. The van der Waals surface area contributed by atoms with Gasteiger partial charge in [-0.2, -0.15) is 0 Å². The first-order valence-corrected chi connectivity index (χ1v) is 6.39. The maximum atomic E-state index is 11.4. The highest BCUT2D eigenvalue weighted by atomic mass is 16.5. The number of rotatable bonds is 9. The van der Waals surface area contributed by atoms with Crippen LogP contribution >= 0.6 is 0 Å². The van der Waals surface area contributed by atoms with E-state index in [4.69, 9.17) is 9.84 Å². The molecule has 4 heteroatoms. The Hall–Kier alpha value is -1.06. The zero-order chi connectivity index (χ0) is 13.3. The highest BCUT2D eigenvalue weighted by Gasteiger charge is 2.17. The summed E-state index contributed by atoms with van der Waals surface area (Å²) < 4.78 is 5.11. The van der Waals surface area contributed by atoms with Gasteiger partial charge in [-0.1, -0.05) is 40.0 Å². The second kappa shape index (κ2) is 9.02. The second-order valence-electron chi connectivity index (χ2n) is 4.54. The fourth-order valence-corrected chi connectivity index (χ4v) is 1.51. The van der Waals surface area contributed by atoms with E-state index >= 15 is 0 Å². The summed E-state index contributed by atoms with van der Waals surface area (Å²) in [6, 6.07) is 0. The summed E-state index contributed by atoms with van der Waals surface area (Å²) >= 11 is 0. The predicted octanol–water partition coefficient (Wildman–Crippen LogP) is 2.86. The highest BCUT2D eigenvalue weighted by molar-refractivity contribution is 5.78. The summed E-state index contributed by atoms with van der Waals surface area (Å²) in [6.45, 7) is 6.14. The number of carbonyl (C=O) groups excluding carboxylic acids is 1. The van der Waals surface area contributed by atoms with Gasteiger partial charge in [0.15, 0.2) is 0 Å². The maximum Gasteiger partial charge on any atom is 0.306 e. The van der Waals surface area contributed by atoms with Crippen LogP contribution in [0.1, 0.15) is 52.9 Å². The number of esters is 1. The number of hydrogen-bond donors (Lipinski definition) is 1. The minimum atomic E-state index is -0.958. The molecule has 0 bridgehead atoms. The Morgan fingerprint density at radius 1 is 1.29 bits per heavy atom. The smallest absolute Gasteiger partial charge is 0.306 e. The molecule has 0 fully saturated rings. The van der Waals surface area contributed by atoms with E-state index in [0.29, 0.717) is 12.5 Å². The van der Waals surface area contributed by atoms with Gasteiger partial charge in [0.1, 0.15) is 0 Å². The van der Waals surface area contributed by atoms with Crippen molar-refractivity contribution in [2.75, 3.05) is 6.61 Å². The van der Waals surface area contributed by atoms with Gasteiger partial charge >= 0.3 is 11.9 Å². The lowest BCUT2D eigenvalue weighted by molar-refractivity contribution is -0.152. The van der Waals surface area contributed by atoms with Crippen molar-refractivity contribution in [2.24, 2.45) is 11.8 Å². The number of carboxylic acid groups (broad SMARTS) is 1. The van der Waals surface area contributed by atoms with Gasteiger partial charge in [-0.05, 0) is 12.3 Å². The molecule has 100 valence electrons. The van der Waals surface area contributed by atoms with Crippen molar-refractivity contribution in [2.45, 2.75) is 52.9 Å². The number of carbonyl (C=O) groups is 2. The number of carboxylic acids is 1. The predicted molar refractivity (Wildman–Crippen MR) is 65.7 cm³/mol. The lowest BCUT2D eigenvalue weighted by Gasteiger charge is -2.15. The quantitative estimate of drug-likeness (QED) is 0.633. The average Bonchev–Trinajstić information content (AvgIpc) is 2.29. The first-order valence-electron chi connectivity index (χ1n) is 6.39. The van der Waals surface area contributed by atoms with Crippen LogP contribution in [0.15, 0.2) is 0 Å². The largest absolute Gasteiger partial charge is 0.481 e. The Morgan fingerprint density at radius 2 is 1.94 bits per heavy atom. The van der Waals surface area contributed by atoms with Crippen molar-refractivity contribution >= 4 is 11.9 Å². The molecule has 0 heterocycles. The molecule has 0 spiro atoms. The molecule has 0 aliphatic heterocycles. The molecule has 0 radical (unpaired) electrons. The normalized spacial score (nSPS) is 14.1. The molecule has 0 aromatic rings. The lowest BCUT2D eigenvalue weighted by atomic mass is 10.0. The van der Waals surface area contributed by atoms with E-state index in [-0.39, 0.29) is 6.42 Å². The SMILES string of the molecule is CCCCC(CC)COC(=O)CC(C)C(=O)O. The molecule has 0 aliphatic rings. The minimum Gasteiger partial charge on any atom is -0.481 e. The van der Waals surface area contributed by atoms with E-state index in [9.17, 15) is 9.59 Å². The molecule has 0 saturated carbocycles. The molecule has 17 heavy (non-hydrogen) atoms. The molecule has 0 aromatic heterocycles. The highest BCUT2D eigenvalue weighted by Crippen LogP contribution is 2.13. The van der Waals surface area contributed by atoms with Crippen LogP contribution in [0, 0.1) is 11.8 Å². The van der Waals surface area contributed by atoms with Crippen LogP contribution in [0.2, 0.25) is 0 Å². The molecule has 2 atom stereocenters. The standard InChI is InChI=1S/C13H24O4/c1-4-6-7-11(5-2)9-17-12(14)8-10(3)13(15)16/h10-11H,4-9H2,1-3H3,(H,15,16). The van der Waals surface area contributed by atoms with Crippen LogP contribution in [0.5, 0.6) is 0 Å². The van der Waals surface area contributed by atoms with Crippen molar-refractivity contribution in [3.8, 4) is 0 Å². The van der Waals surface area contributed by atoms with Gasteiger partial charge in [-0.15, -0.1) is 0 Å². The molecular formula is C13H24O4. The van der Waals surface area contributed by atoms with Crippen molar-refractivity contribution in [1.82, 2.24) is 0 Å². The summed E-state index contributed by atoms with van der Waals surface area (Å²) in [4.78, 5) is 21.9. The van der Waals surface area contributed by atoms with Gasteiger partial charge in [-0.25, -0.2) is 0 Å². The Kier molecular flexibility index (Phi) is 8.46. The molecular weight excluding hydrogens is 220 g/mol. The maximum absolute atomic E-state index is 11.4. The van der Waals surface area contributed by atoms with Crippen LogP contribution in [-0.4, -0.2) is 23.7 Å². The number of ether oxygens (including phenoxy) is 1. The first-order chi connectivity index (χ1) is 8.01. The average molecular weight is 244 g/mol. The molecule has 2 unspecified atom stereocenters. The fourth-order valence-electron chi connectivity index (χ4n) is 1.51. The molecule has 1 N–H and O–H groups in total. The Balaban J connectivity index is 3.84. The van der Waals surface area contributed by atoms with Gasteiger partial charge in [0.25, 0.3) is 0 Å². The van der Waals surface area contributed by atoms with E-state index in [2.05, 4.69) is 13.8 Å². The molecule has 0 aliphatic carbocycles. The fraction of sp³-hybridized carbons (Fsp3) is 0.846. The van der Waals surface area contributed by atoms with E-state index in [1.807, 2.05) is 0 Å². The van der Waals surface area contributed by atoms with E-state index in [1.54, 1.807) is 0 Å². The van der Waals surface area contributed by atoms with Gasteiger partial charge in [-0.3, -0.25) is 9.59 Å². The van der Waals surface area contributed by atoms with Crippen molar-refractivity contribution in [1.29, 1.82) is 0 Å². The van der Waals surface area contributed by atoms with Crippen LogP contribution in [0.4, 0.5) is 0 Å².